The van der Waals surface area contributed by atoms with E-state index in [2.05, 4.69) is 9.71 Å². The van der Waals surface area contributed by atoms with Crippen molar-refractivity contribution in [2.75, 3.05) is 5.73 Å². The van der Waals surface area contributed by atoms with Gasteiger partial charge in [-0.05, 0) is 24.3 Å². The van der Waals surface area contributed by atoms with Gasteiger partial charge in [-0.25, -0.2) is 21.9 Å². The van der Waals surface area contributed by atoms with E-state index in [9.17, 15) is 17.2 Å². The van der Waals surface area contributed by atoms with Crippen LogP contribution in [0.25, 0.3) is 0 Å². The van der Waals surface area contributed by atoms with Crippen molar-refractivity contribution in [1.82, 2.24) is 9.71 Å². The molecule has 0 amide bonds. The number of nitrogens with zero attached hydrogens (tertiary/aromatic N) is 1. The first-order valence-corrected chi connectivity index (χ1v) is 7.03. The Morgan fingerprint density at radius 3 is 2.60 bits per heavy atom. The van der Waals surface area contributed by atoms with E-state index in [-0.39, 0.29) is 6.54 Å². The molecule has 0 saturated heterocycles. The van der Waals surface area contributed by atoms with Crippen LogP contribution in [0.3, 0.4) is 0 Å². The predicted octanol–water partition coefficient (Wildman–Crippen LogP) is 1.42. The third-order valence-corrected chi connectivity index (χ3v) is 3.97. The van der Waals surface area contributed by atoms with Gasteiger partial charge in [0, 0.05) is 6.20 Å². The van der Waals surface area contributed by atoms with Crippen molar-refractivity contribution in [3.63, 3.8) is 0 Å². The van der Waals surface area contributed by atoms with Crippen LogP contribution in [0, 0.1) is 11.6 Å². The Labute approximate surface area is 114 Å². The molecule has 8 heteroatoms. The zero-order valence-electron chi connectivity index (χ0n) is 10.2. The van der Waals surface area contributed by atoms with Crippen LogP contribution in [-0.4, -0.2) is 13.4 Å². The summed E-state index contributed by atoms with van der Waals surface area (Å²) in [6.45, 7) is -0.111. The van der Waals surface area contributed by atoms with Crippen molar-refractivity contribution in [3.8, 4) is 0 Å². The minimum Gasteiger partial charge on any atom is -0.394 e. The van der Waals surface area contributed by atoms with Gasteiger partial charge in [-0.15, -0.1) is 0 Å². The van der Waals surface area contributed by atoms with E-state index in [4.69, 9.17) is 5.73 Å². The highest BCUT2D eigenvalue weighted by atomic mass is 32.2. The molecule has 0 aliphatic carbocycles. The molecule has 0 atom stereocenters. The van der Waals surface area contributed by atoms with Gasteiger partial charge in [-0.1, -0.05) is 6.07 Å². The Bertz CT molecular complexity index is 721. The molecule has 1 heterocycles. The molecule has 0 radical (unpaired) electrons. The second kappa shape index (κ2) is 5.51. The summed E-state index contributed by atoms with van der Waals surface area (Å²) in [7, 11) is -4.14. The van der Waals surface area contributed by atoms with Gasteiger partial charge in [0.15, 0.2) is 5.82 Å². The largest absolute Gasteiger partial charge is 0.394 e. The van der Waals surface area contributed by atoms with Crippen molar-refractivity contribution in [2.24, 2.45) is 0 Å². The number of nitrogens with one attached hydrogen (secondary N) is 1. The molecule has 0 aliphatic rings. The minimum absolute atomic E-state index is 0.111. The lowest BCUT2D eigenvalue weighted by Crippen LogP contribution is -2.25. The lowest BCUT2D eigenvalue weighted by molar-refractivity contribution is 0.547. The quantitative estimate of drug-likeness (QED) is 0.836. The lowest BCUT2D eigenvalue weighted by Gasteiger charge is -2.09. The Balaban J connectivity index is 2.25. The van der Waals surface area contributed by atoms with Crippen LogP contribution in [0.2, 0.25) is 0 Å². The van der Waals surface area contributed by atoms with Crippen molar-refractivity contribution >= 4 is 15.7 Å². The Kier molecular flexibility index (Phi) is 3.96. The highest BCUT2D eigenvalue weighted by molar-refractivity contribution is 7.89. The summed E-state index contributed by atoms with van der Waals surface area (Å²) in [5.41, 5.74) is 4.77. The number of nitrogens with two attached hydrogens (primary N) is 1. The molecule has 1 aromatic heterocycles. The van der Waals surface area contributed by atoms with E-state index < -0.39 is 32.2 Å². The maximum atomic E-state index is 13.7. The number of hydrogen-bond acceptors (Lipinski definition) is 4. The van der Waals surface area contributed by atoms with Crippen LogP contribution in [0.4, 0.5) is 14.5 Å². The zero-order valence-corrected chi connectivity index (χ0v) is 11.0. The number of sulfonamides is 1. The van der Waals surface area contributed by atoms with E-state index in [0.29, 0.717) is 5.69 Å². The maximum absolute atomic E-state index is 13.7. The second-order valence-electron chi connectivity index (χ2n) is 3.92. The molecule has 0 saturated carbocycles. The van der Waals surface area contributed by atoms with Crippen molar-refractivity contribution in [2.45, 2.75) is 11.4 Å². The topological polar surface area (TPSA) is 85.1 Å². The summed E-state index contributed by atoms with van der Waals surface area (Å²) < 4.78 is 52.7. The third kappa shape index (κ3) is 2.91. The van der Waals surface area contributed by atoms with Gasteiger partial charge < -0.3 is 5.73 Å². The van der Waals surface area contributed by atoms with E-state index in [1.807, 2.05) is 0 Å². The van der Waals surface area contributed by atoms with Gasteiger partial charge in [-0.2, -0.15) is 0 Å². The maximum Gasteiger partial charge on any atom is 0.243 e. The van der Waals surface area contributed by atoms with Crippen LogP contribution in [-0.2, 0) is 16.6 Å². The zero-order chi connectivity index (χ0) is 14.8. The van der Waals surface area contributed by atoms with Gasteiger partial charge in [0.05, 0.1) is 12.2 Å². The number of rotatable bonds is 4. The number of benzene rings is 1. The molecule has 5 nitrogen and oxygen atoms in total. The molecule has 0 fully saturated rings. The van der Waals surface area contributed by atoms with E-state index in [0.717, 1.165) is 12.1 Å². The average Bonchev–Trinajstić information content (AvgIpc) is 2.44. The molecular weight excluding hydrogens is 288 g/mol. The van der Waals surface area contributed by atoms with E-state index in [1.54, 1.807) is 18.2 Å². The molecule has 0 bridgehead atoms. The normalized spacial score (nSPS) is 11.5. The Hall–Kier alpha value is -2.06. The molecular formula is C12H11F2N3O2S. The lowest BCUT2D eigenvalue weighted by atomic mass is 10.3. The molecule has 0 unspecified atom stereocenters. The summed E-state index contributed by atoms with van der Waals surface area (Å²) in [5, 5.41) is 0. The van der Waals surface area contributed by atoms with Crippen LogP contribution in [0.1, 0.15) is 5.69 Å². The molecule has 0 spiro atoms. The molecule has 20 heavy (non-hydrogen) atoms. The van der Waals surface area contributed by atoms with Gasteiger partial charge in [0.2, 0.25) is 10.0 Å². The molecule has 2 aromatic rings. The molecule has 3 N–H and O–H groups in total. The molecule has 106 valence electrons. The standard InChI is InChI=1S/C12H11F2N3O2S/c13-9-4-5-10(11(14)12(9)15)20(18,19)17-7-8-3-1-2-6-16-8/h1-6,17H,7,15H2. The number of anilines is 1. The van der Waals surface area contributed by atoms with Crippen molar-refractivity contribution < 1.29 is 17.2 Å². The van der Waals surface area contributed by atoms with Crippen molar-refractivity contribution in [3.05, 3.63) is 53.9 Å². The monoisotopic (exact) mass is 299 g/mol. The summed E-state index contributed by atoms with van der Waals surface area (Å²) in [4.78, 5) is 3.22. The fourth-order valence-corrected chi connectivity index (χ4v) is 2.59. The number of halogens is 2. The average molecular weight is 299 g/mol. The van der Waals surface area contributed by atoms with Gasteiger partial charge in [-0.3, -0.25) is 4.98 Å². The fourth-order valence-electron chi connectivity index (χ4n) is 1.51. The highest BCUT2D eigenvalue weighted by Crippen LogP contribution is 2.22. The molecule has 1 aromatic carbocycles. The van der Waals surface area contributed by atoms with Gasteiger partial charge >= 0.3 is 0 Å². The first-order valence-electron chi connectivity index (χ1n) is 5.55. The Morgan fingerprint density at radius 2 is 1.95 bits per heavy atom. The van der Waals surface area contributed by atoms with E-state index >= 15 is 0 Å². The van der Waals surface area contributed by atoms with E-state index in [1.165, 1.54) is 6.20 Å². The minimum atomic E-state index is -4.14. The van der Waals surface area contributed by atoms with Gasteiger partial charge in [0.1, 0.15) is 16.4 Å². The number of pyridine rings is 1. The predicted molar refractivity (Wildman–Crippen MR) is 69.0 cm³/mol. The summed E-state index contributed by atoms with van der Waals surface area (Å²) in [6.07, 6.45) is 1.50. The SMILES string of the molecule is Nc1c(F)ccc(S(=O)(=O)NCc2ccccn2)c1F. The third-order valence-electron chi connectivity index (χ3n) is 2.55. The smallest absolute Gasteiger partial charge is 0.243 e. The molecule has 0 aliphatic heterocycles. The van der Waals surface area contributed by atoms with Gasteiger partial charge in [0.25, 0.3) is 0 Å². The Morgan fingerprint density at radius 1 is 1.20 bits per heavy atom. The van der Waals surface area contributed by atoms with Crippen LogP contribution in [0.5, 0.6) is 0 Å². The number of hydrogen-bond donors (Lipinski definition) is 2. The number of nitrogen functional groups attached to an aromatic ring is 1. The summed E-state index contributed by atoms with van der Waals surface area (Å²) in [5.74, 6) is -2.32. The summed E-state index contributed by atoms with van der Waals surface area (Å²) in [6, 6.07) is 6.60. The summed E-state index contributed by atoms with van der Waals surface area (Å²) >= 11 is 0. The first-order chi connectivity index (χ1) is 9.42. The fraction of sp³-hybridized carbons (Fsp3) is 0.0833. The second-order valence-corrected chi connectivity index (χ2v) is 5.65. The van der Waals surface area contributed by atoms with Crippen LogP contribution >= 0.6 is 0 Å². The number of aromatic nitrogens is 1. The van der Waals surface area contributed by atoms with Crippen molar-refractivity contribution in [1.29, 1.82) is 0 Å². The van der Waals surface area contributed by atoms with Crippen LogP contribution < -0.4 is 10.5 Å². The highest BCUT2D eigenvalue weighted by Gasteiger charge is 2.22. The first kappa shape index (κ1) is 14.4. The van der Waals surface area contributed by atoms with Crippen LogP contribution in [0.15, 0.2) is 41.4 Å². The molecule has 2 rings (SSSR count).